The van der Waals surface area contributed by atoms with Crippen molar-refractivity contribution in [1.29, 1.82) is 0 Å². The highest BCUT2D eigenvalue weighted by Gasteiger charge is 2.19. The number of thioether (sulfide) groups is 2. The summed E-state index contributed by atoms with van der Waals surface area (Å²) < 4.78 is 0. The molecule has 202 valence electrons. The van der Waals surface area contributed by atoms with Crippen LogP contribution in [-0.2, 0) is 0 Å². The fourth-order valence-electron chi connectivity index (χ4n) is 4.54. The van der Waals surface area contributed by atoms with E-state index in [9.17, 15) is 4.91 Å². The molecule has 6 nitrogen and oxygen atoms in total. The van der Waals surface area contributed by atoms with Crippen molar-refractivity contribution in [2.24, 2.45) is 5.18 Å². The summed E-state index contributed by atoms with van der Waals surface area (Å²) in [6, 6.07) is 40.2. The first-order valence-electron chi connectivity index (χ1n) is 13.3. The average molecular weight is 574 g/mol. The van der Waals surface area contributed by atoms with E-state index < -0.39 is 6.04 Å². The number of aromatic nitrogens is 4. The Kier molecular flexibility index (Phi) is 8.40. The third kappa shape index (κ3) is 6.34. The molecule has 2 N–H and O–H groups in total. The molecule has 0 radical (unpaired) electrons. The molecule has 0 bridgehead atoms. The lowest BCUT2D eigenvalue weighted by Crippen LogP contribution is -2.10. The number of benzene rings is 4. The second-order valence-corrected chi connectivity index (χ2v) is 11.4. The van der Waals surface area contributed by atoms with Crippen molar-refractivity contribution in [1.82, 2.24) is 19.9 Å². The number of hydrogen-bond donors (Lipinski definition) is 2. The number of imidazole rings is 2. The van der Waals surface area contributed by atoms with Crippen LogP contribution in [0, 0.1) is 4.91 Å². The maximum Gasteiger partial charge on any atom is 0.166 e. The van der Waals surface area contributed by atoms with Crippen molar-refractivity contribution in [3.63, 3.8) is 0 Å². The normalized spacial score (nSPS) is 11.1. The highest BCUT2D eigenvalue weighted by Crippen LogP contribution is 2.35. The molecule has 0 aliphatic carbocycles. The van der Waals surface area contributed by atoms with E-state index in [-0.39, 0.29) is 0 Å². The molecule has 0 saturated heterocycles. The first-order valence-corrected chi connectivity index (χ1v) is 15.3. The van der Waals surface area contributed by atoms with E-state index in [1.807, 2.05) is 72.8 Å². The Balaban J connectivity index is 1.18. The molecule has 6 aromatic rings. The Labute approximate surface area is 247 Å². The fourth-order valence-corrected chi connectivity index (χ4v) is 6.40. The monoisotopic (exact) mass is 573 g/mol. The van der Waals surface area contributed by atoms with E-state index in [2.05, 4.69) is 63.7 Å². The van der Waals surface area contributed by atoms with Crippen LogP contribution >= 0.6 is 23.5 Å². The van der Waals surface area contributed by atoms with Crippen molar-refractivity contribution in [3.05, 3.63) is 126 Å². The molecule has 0 unspecified atom stereocenters. The Morgan fingerprint density at radius 1 is 0.537 bits per heavy atom. The van der Waals surface area contributed by atoms with E-state index >= 15 is 0 Å². The van der Waals surface area contributed by atoms with Gasteiger partial charge in [-0.2, -0.15) is 4.91 Å². The molecule has 0 fully saturated rings. The molecular formula is C33H27N5OS2. The standard InChI is InChI=1S/C33H27N5OS2/c39-38-27(21-40-32-34-28(23-13-5-1-6-14-23)29(35-32)24-15-7-2-8-16-24)22-41-33-36-30(25-17-9-3-10-18-25)31(37-33)26-19-11-4-12-20-26/h1-20,27H,21-22H2,(H,34,35)(H,36,37). The SMILES string of the molecule is O=NC(CSc1nc(-c2ccccc2)c(-c2ccccc2)[nH]1)CSc1nc(-c2ccccc2)c(-c2ccccc2)[nH]1. The van der Waals surface area contributed by atoms with Gasteiger partial charge < -0.3 is 9.97 Å². The van der Waals surface area contributed by atoms with Gasteiger partial charge >= 0.3 is 0 Å². The Morgan fingerprint density at radius 3 is 1.22 bits per heavy atom. The summed E-state index contributed by atoms with van der Waals surface area (Å²) >= 11 is 3.02. The molecule has 8 heteroatoms. The van der Waals surface area contributed by atoms with Crippen LogP contribution in [0.3, 0.4) is 0 Å². The third-order valence-electron chi connectivity index (χ3n) is 6.56. The van der Waals surface area contributed by atoms with Crippen molar-refractivity contribution < 1.29 is 0 Å². The molecule has 0 atom stereocenters. The number of nitrogens with zero attached hydrogens (tertiary/aromatic N) is 3. The third-order valence-corrected chi connectivity index (χ3v) is 8.59. The lowest BCUT2D eigenvalue weighted by atomic mass is 10.1. The van der Waals surface area contributed by atoms with E-state index in [1.165, 1.54) is 23.5 Å². The van der Waals surface area contributed by atoms with Crippen molar-refractivity contribution >= 4 is 23.5 Å². The van der Waals surface area contributed by atoms with Crippen LogP contribution in [-0.4, -0.2) is 37.5 Å². The zero-order valence-electron chi connectivity index (χ0n) is 22.1. The number of H-pyrrole nitrogens is 2. The van der Waals surface area contributed by atoms with Gasteiger partial charge in [0.25, 0.3) is 0 Å². The summed E-state index contributed by atoms with van der Waals surface area (Å²) in [5, 5.41) is 4.96. The Morgan fingerprint density at radius 2 is 0.878 bits per heavy atom. The molecule has 0 spiro atoms. The lowest BCUT2D eigenvalue weighted by molar-refractivity contribution is 0.846. The first-order chi connectivity index (χ1) is 20.3. The molecular weight excluding hydrogens is 547 g/mol. The largest absolute Gasteiger partial charge is 0.332 e. The van der Waals surface area contributed by atoms with Crippen molar-refractivity contribution in [2.75, 3.05) is 11.5 Å². The second-order valence-electron chi connectivity index (χ2n) is 9.38. The van der Waals surface area contributed by atoms with Gasteiger partial charge in [-0.05, 0) is 0 Å². The van der Waals surface area contributed by atoms with Crippen LogP contribution < -0.4 is 0 Å². The molecule has 0 amide bonds. The maximum absolute atomic E-state index is 11.8. The summed E-state index contributed by atoms with van der Waals surface area (Å²) in [6.45, 7) is 0. The minimum atomic E-state index is -0.416. The number of aromatic amines is 2. The summed E-state index contributed by atoms with van der Waals surface area (Å²) in [4.78, 5) is 28.6. The van der Waals surface area contributed by atoms with Gasteiger partial charge in [0.05, 0.1) is 22.8 Å². The number of nitrogens with one attached hydrogen (secondary N) is 2. The molecule has 6 rings (SSSR count). The summed E-state index contributed by atoms with van der Waals surface area (Å²) in [5.74, 6) is 1.01. The second kappa shape index (κ2) is 12.8. The quantitative estimate of drug-likeness (QED) is 0.119. The highest BCUT2D eigenvalue weighted by atomic mass is 32.2. The van der Waals surface area contributed by atoms with E-state index in [1.54, 1.807) is 0 Å². The van der Waals surface area contributed by atoms with E-state index in [4.69, 9.17) is 9.97 Å². The van der Waals surface area contributed by atoms with Gasteiger partial charge in [0, 0.05) is 33.8 Å². The molecule has 2 aromatic heterocycles. The zero-order valence-corrected chi connectivity index (χ0v) is 23.7. The minimum absolute atomic E-state index is 0.416. The zero-order chi connectivity index (χ0) is 27.9. The number of rotatable bonds is 11. The predicted molar refractivity (Wildman–Crippen MR) is 170 cm³/mol. The molecule has 0 saturated carbocycles. The minimum Gasteiger partial charge on any atom is -0.332 e. The first kappa shape index (κ1) is 26.8. The molecule has 41 heavy (non-hydrogen) atoms. The average Bonchev–Trinajstić information content (AvgIpc) is 3.68. The van der Waals surface area contributed by atoms with Crippen molar-refractivity contribution in [2.45, 2.75) is 16.4 Å². The van der Waals surface area contributed by atoms with Gasteiger partial charge in [-0.25, -0.2) is 9.97 Å². The number of hydrogen-bond acceptors (Lipinski definition) is 6. The smallest absolute Gasteiger partial charge is 0.166 e. The Bertz CT molecular complexity index is 1470. The van der Waals surface area contributed by atoms with E-state index in [0.717, 1.165) is 55.3 Å². The van der Waals surface area contributed by atoms with Gasteiger partial charge in [0.2, 0.25) is 0 Å². The van der Waals surface area contributed by atoms with Gasteiger partial charge in [0.1, 0.15) is 6.04 Å². The lowest BCUT2D eigenvalue weighted by Gasteiger charge is -2.06. The van der Waals surface area contributed by atoms with Crippen LogP contribution in [0.25, 0.3) is 45.0 Å². The van der Waals surface area contributed by atoms with Gasteiger partial charge in [-0.3, -0.25) is 0 Å². The van der Waals surface area contributed by atoms with Gasteiger partial charge in [-0.1, -0.05) is 150 Å². The molecule has 4 aromatic carbocycles. The highest BCUT2D eigenvalue weighted by molar-refractivity contribution is 8.00. The number of nitroso groups, excluding NO2 is 1. The van der Waals surface area contributed by atoms with Crippen LogP contribution in [0.2, 0.25) is 0 Å². The van der Waals surface area contributed by atoms with Crippen LogP contribution in [0.15, 0.2) is 137 Å². The van der Waals surface area contributed by atoms with Gasteiger partial charge in [0.15, 0.2) is 10.3 Å². The van der Waals surface area contributed by atoms with E-state index in [0.29, 0.717) is 11.5 Å². The fraction of sp³-hybridized carbons (Fsp3) is 0.0909. The van der Waals surface area contributed by atoms with Crippen LogP contribution in [0.4, 0.5) is 0 Å². The summed E-state index contributed by atoms with van der Waals surface area (Å²) in [6.07, 6.45) is 0. The molecule has 0 aliphatic heterocycles. The van der Waals surface area contributed by atoms with Crippen LogP contribution in [0.1, 0.15) is 0 Å². The Hall–Kier alpha value is -4.40. The summed E-state index contributed by atoms with van der Waals surface area (Å²) in [5.41, 5.74) is 7.90. The van der Waals surface area contributed by atoms with Gasteiger partial charge in [-0.15, -0.1) is 0 Å². The van der Waals surface area contributed by atoms with Crippen LogP contribution in [0.5, 0.6) is 0 Å². The van der Waals surface area contributed by atoms with Crippen molar-refractivity contribution in [3.8, 4) is 45.0 Å². The maximum atomic E-state index is 11.8. The predicted octanol–water partition coefficient (Wildman–Crippen LogP) is 8.82. The molecule has 2 heterocycles. The molecule has 0 aliphatic rings. The topological polar surface area (TPSA) is 86.8 Å². The summed E-state index contributed by atoms with van der Waals surface area (Å²) in [7, 11) is 0.